The van der Waals surface area contributed by atoms with Crippen LogP contribution in [0.5, 0.6) is 5.75 Å². The highest BCUT2D eigenvalue weighted by molar-refractivity contribution is 7.92. The largest absolute Gasteiger partial charge is 0.494 e. The number of benzene rings is 1. The fraction of sp³-hybridized carbons (Fsp3) is 0.583. The van der Waals surface area contributed by atoms with Crippen LogP contribution in [0.2, 0.25) is 0 Å². The van der Waals surface area contributed by atoms with Crippen molar-refractivity contribution in [2.75, 3.05) is 37.8 Å². The predicted molar refractivity (Wildman–Crippen MR) is 136 cm³/mol. The number of fused-ring (bicyclic) bond motifs is 1. The number of carbonyl (C=O) groups is 3. The summed E-state index contributed by atoms with van der Waals surface area (Å²) in [7, 11) is -4.02. The summed E-state index contributed by atoms with van der Waals surface area (Å²) in [5.74, 6) is -2.33. The van der Waals surface area contributed by atoms with Crippen molar-refractivity contribution in [2.45, 2.75) is 40.7 Å². The van der Waals surface area contributed by atoms with Gasteiger partial charge in [-0.2, -0.15) is 4.99 Å². The monoisotopic (exact) mass is 539 g/mol. The number of esters is 1. The molecule has 2 unspecified atom stereocenters. The number of piperidine rings is 1. The highest BCUT2D eigenvalue weighted by atomic mass is 32.2. The van der Waals surface area contributed by atoms with Gasteiger partial charge in [-0.25, -0.2) is 8.42 Å². The standard InChI is InChI=1S/C24H33N3O7S2/c1-5-33-18-7-8-19-20(10-18)35-24(27(19)13-23(30)34-6-2)25-21(28)14-36(31,32)15-22(29)26-11-16(3)9-17(4)12-26/h7-8,10,16-17H,5-6,9,11-15H2,1-4H3. The molecule has 2 amide bonds. The normalized spacial score (nSPS) is 18.9. The SMILES string of the molecule is CCOC(=O)Cn1c(=NC(=O)CS(=O)(=O)CC(=O)N2CC(C)CC(C)C2)sc2cc(OCC)ccc21. The lowest BCUT2D eigenvalue weighted by atomic mass is 9.92. The van der Waals surface area contributed by atoms with Crippen molar-refractivity contribution >= 4 is 49.2 Å². The molecule has 0 N–H and O–H groups in total. The highest BCUT2D eigenvalue weighted by Gasteiger charge is 2.29. The van der Waals surface area contributed by atoms with Crippen LogP contribution in [0, 0.1) is 11.8 Å². The van der Waals surface area contributed by atoms with Gasteiger partial charge in [0, 0.05) is 13.1 Å². The minimum Gasteiger partial charge on any atom is -0.494 e. The van der Waals surface area contributed by atoms with Crippen LogP contribution in [-0.2, 0) is 35.5 Å². The lowest BCUT2D eigenvalue weighted by molar-refractivity contribution is -0.143. The van der Waals surface area contributed by atoms with E-state index in [1.807, 2.05) is 20.8 Å². The second kappa shape index (κ2) is 12.0. The number of rotatable bonds is 9. The molecule has 12 heteroatoms. The Hall–Kier alpha value is -2.73. The molecular formula is C24H33N3O7S2. The van der Waals surface area contributed by atoms with E-state index in [0.29, 0.717) is 47.5 Å². The first-order chi connectivity index (χ1) is 17.0. The number of carbonyl (C=O) groups excluding carboxylic acids is 3. The number of thiazole rings is 1. The molecule has 3 rings (SSSR count). The maximum absolute atomic E-state index is 12.7. The molecule has 2 atom stereocenters. The Labute approximate surface area is 214 Å². The van der Waals surface area contributed by atoms with Crippen LogP contribution in [0.3, 0.4) is 0 Å². The molecule has 1 aliphatic rings. The summed E-state index contributed by atoms with van der Waals surface area (Å²) in [5, 5.41) is 0. The predicted octanol–water partition coefficient (Wildman–Crippen LogP) is 2.01. The second-order valence-corrected chi connectivity index (χ2v) is 12.2. The summed E-state index contributed by atoms with van der Waals surface area (Å²) >= 11 is 1.13. The van der Waals surface area contributed by atoms with Crippen LogP contribution in [0.25, 0.3) is 10.2 Å². The van der Waals surface area contributed by atoms with E-state index >= 15 is 0 Å². The van der Waals surface area contributed by atoms with Gasteiger partial charge in [0.2, 0.25) is 5.91 Å². The van der Waals surface area contributed by atoms with Crippen LogP contribution in [0.1, 0.15) is 34.1 Å². The van der Waals surface area contributed by atoms with Crippen molar-refractivity contribution in [3.05, 3.63) is 23.0 Å². The van der Waals surface area contributed by atoms with E-state index in [2.05, 4.69) is 4.99 Å². The zero-order valence-corrected chi connectivity index (χ0v) is 22.7. The number of sulfone groups is 1. The number of aromatic nitrogens is 1. The third-order valence-corrected chi connectivity index (χ3v) is 8.10. The van der Waals surface area contributed by atoms with Crippen LogP contribution < -0.4 is 9.54 Å². The summed E-state index contributed by atoms with van der Waals surface area (Å²) in [4.78, 5) is 43.2. The number of ether oxygens (including phenoxy) is 2. The fourth-order valence-electron chi connectivity index (χ4n) is 4.41. The number of hydrogen-bond donors (Lipinski definition) is 0. The first kappa shape index (κ1) is 27.9. The summed E-state index contributed by atoms with van der Waals surface area (Å²) < 4.78 is 38.1. The third-order valence-electron chi connectivity index (χ3n) is 5.69. The van der Waals surface area contributed by atoms with Gasteiger partial charge < -0.3 is 18.9 Å². The Kier molecular flexibility index (Phi) is 9.29. The summed E-state index contributed by atoms with van der Waals surface area (Å²) in [5.41, 5.74) is 0.634. The summed E-state index contributed by atoms with van der Waals surface area (Å²) in [6.07, 6.45) is 0.987. The maximum atomic E-state index is 12.7. The van der Waals surface area contributed by atoms with Crippen LogP contribution in [-0.4, -0.2) is 73.5 Å². The molecule has 1 fully saturated rings. The molecule has 2 heterocycles. The fourth-order valence-corrected chi connectivity index (χ4v) is 6.58. The van der Waals surface area contributed by atoms with E-state index in [4.69, 9.17) is 9.47 Å². The van der Waals surface area contributed by atoms with E-state index in [9.17, 15) is 22.8 Å². The van der Waals surface area contributed by atoms with Crippen LogP contribution in [0.15, 0.2) is 23.2 Å². The minimum absolute atomic E-state index is 0.164. The number of amides is 2. The van der Waals surface area contributed by atoms with Gasteiger partial charge in [-0.3, -0.25) is 14.4 Å². The van der Waals surface area contributed by atoms with Crippen molar-refractivity contribution in [3.63, 3.8) is 0 Å². The molecule has 1 aromatic carbocycles. The van der Waals surface area contributed by atoms with E-state index in [0.717, 1.165) is 17.8 Å². The second-order valence-electron chi connectivity index (χ2n) is 9.12. The number of likely N-dealkylation sites (tertiary alicyclic amines) is 1. The lowest BCUT2D eigenvalue weighted by Crippen LogP contribution is -2.45. The molecule has 10 nitrogen and oxygen atoms in total. The highest BCUT2D eigenvalue weighted by Crippen LogP contribution is 2.24. The first-order valence-corrected chi connectivity index (χ1v) is 14.6. The van der Waals surface area contributed by atoms with E-state index in [1.54, 1.807) is 30.0 Å². The van der Waals surface area contributed by atoms with E-state index in [1.165, 1.54) is 4.57 Å². The average molecular weight is 540 g/mol. The Morgan fingerprint density at radius 3 is 2.42 bits per heavy atom. The molecule has 0 spiro atoms. The Bertz CT molecular complexity index is 1290. The molecule has 0 aliphatic carbocycles. The van der Waals surface area contributed by atoms with Crippen LogP contribution >= 0.6 is 11.3 Å². The van der Waals surface area contributed by atoms with Gasteiger partial charge in [0.15, 0.2) is 14.6 Å². The van der Waals surface area contributed by atoms with Gasteiger partial charge in [0.1, 0.15) is 23.8 Å². The molecule has 2 aromatic rings. The minimum atomic E-state index is -4.02. The topological polar surface area (TPSA) is 124 Å². The molecule has 0 bridgehead atoms. The molecule has 1 aromatic heterocycles. The van der Waals surface area contributed by atoms with Crippen molar-refractivity contribution in [1.82, 2.24) is 9.47 Å². The van der Waals surface area contributed by atoms with Gasteiger partial charge in [-0.15, -0.1) is 0 Å². The summed E-state index contributed by atoms with van der Waals surface area (Å²) in [6.45, 7) is 9.10. The molecular weight excluding hydrogens is 506 g/mol. The van der Waals surface area contributed by atoms with Gasteiger partial charge in [0.25, 0.3) is 5.91 Å². The van der Waals surface area contributed by atoms with Crippen molar-refractivity contribution in [3.8, 4) is 5.75 Å². The van der Waals surface area contributed by atoms with Crippen LogP contribution in [0.4, 0.5) is 0 Å². The lowest BCUT2D eigenvalue weighted by Gasteiger charge is -2.34. The molecule has 198 valence electrons. The van der Waals surface area contributed by atoms with Crippen molar-refractivity contribution in [2.24, 2.45) is 16.8 Å². The Morgan fingerprint density at radius 2 is 1.78 bits per heavy atom. The Morgan fingerprint density at radius 1 is 1.08 bits per heavy atom. The quantitative estimate of drug-likeness (QED) is 0.447. The third kappa shape index (κ3) is 7.39. The van der Waals surface area contributed by atoms with E-state index < -0.39 is 39.1 Å². The molecule has 0 saturated carbocycles. The number of nitrogens with zero attached hydrogens (tertiary/aromatic N) is 3. The van der Waals surface area contributed by atoms with Crippen molar-refractivity contribution in [1.29, 1.82) is 0 Å². The zero-order valence-electron chi connectivity index (χ0n) is 21.1. The summed E-state index contributed by atoms with van der Waals surface area (Å²) in [6, 6.07) is 5.25. The average Bonchev–Trinajstić information content (AvgIpc) is 3.08. The molecule has 36 heavy (non-hydrogen) atoms. The molecule has 1 aliphatic heterocycles. The first-order valence-electron chi connectivity index (χ1n) is 12.0. The molecule has 0 radical (unpaired) electrons. The van der Waals surface area contributed by atoms with Gasteiger partial charge in [0.05, 0.1) is 23.4 Å². The van der Waals surface area contributed by atoms with Crippen molar-refractivity contribution < 1.29 is 32.3 Å². The molecule has 1 saturated heterocycles. The zero-order chi connectivity index (χ0) is 26.5. The maximum Gasteiger partial charge on any atom is 0.326 e. The van der Waals surface area contributed by atoms with Gasteiger partial charge in [-0.1, -0.05) is 25.2 Å². The Balaban J connectivity index is 1.83. The number of hydrogen-bond acceptors (Lipinski definition) is 8. The smallest absolute Gasteiger partial charge is 0.326 e. The van der Waals surface area contributed by atoms with Gasteiger partial charge >= 0.3 is 5.97 Å². The van der Waals surface area contributed by atoms with Gasteiger partial charge in [-0.05, 0) is 50.3 Å². The van der Waals surface area contributed by atoms with E-state index in [-0.39, 0.29) is 18.0 Å².